The smallest absolute Gasteiger partial charge is 0.138 e. The van der Waals surface area contributed by atoms with Crippen LogP contribution in [0.4, 0.5) is 4.39 Å². The maximum absolute atomic E-state index is 14.0. The molecule has 3 atom stereocenters. The Morgan fingerprint density at radius 3 is 2.90 bits per heavy atom. The van der Waals surface area contributed by atoms with Gasteiger partial charge < -0.3 is 9.30 Å². The summed E-state index contributed by atoms with van der Waals surface area (Å²) in [7, 11) is 1.73. The highest BCUT2D eigenvalue weighted by molar-refractivity contribution is 14.1. The first kappa shape index (κ1) is 15.5. The van der Waals surface area contributed by atoms with E-state index in [4.69, 9.17) is 16.3 Å². The van der Waals surface area contributed by atoms with Gasteiger partial charge in [0.2, 0.25) is 0 Å². The number of benzene rings is 1. The standard InChI is InChI=1S/C15H17ClFIN2O/c1-8(16)15-19-11-7-10(18)9(17)6-13(11)20(15)12-4-3-5-14(12)21-2/h6-8,12,14H,3-5H2,1-2H3. The van der Waals surface area contributed by atoms with Gasteiger partial charge in [0.05, 0.1) is 32.1 Å². The summed E-state index contributed by atoms with van der Waals surface area (Å²) in [5, 5.41) is -0.226. The second-order valence-corrected chi connectivity index (χ2v) is 7.30. The third-order valence-electron chi connectivity index (χ3n) is 4.17. The second kappa shape index (κ2) is 6.01. The van der Waals surface area contributed by atoms with Crippen LogP contribution in [-0.4, -0.2) is 22.8 Å². The Labute approximate surface area is 142 Å². The highest BCUT2D eigenvalue weighted by Crippen LogP contribution is 2.38. The molecule has 0 aliphatic heterocycles. The van der Waals surface area contributed by atoms with Crippen LogP contribution in [0.5, 0.6) is 0 Å². The zero-order valence-electron chi connectivity index (χ0n) is 11.9. The zero-order valence-corrected chi connectivity index (χ0v) is 14.9. The van der Waals surface area contributed by atoms with Crippen molar-refractivity contribution in [3.8, 4) is 0 Å². The number of ether oxygens (including phenoxy) is 1. The normalized spacial score (nSPS) is 23.9. The van der Waals surface area contributed by atoms with Crippen LogP contribution in [0, 0.1) is 9.39 Å². The van der Waals surface area contributed by atoms with Crippen molar-refractivity contribution in [2.45, 2.75) is 43.7 Å². The molecule has 21 heavy (non-hydrogen) atoms. The lowest BCUT2D eigenvalue weighted by molar-refractivity contribution is 0.0752. The first-order valence-corrected chi connectivity index (χ1v) is 8.58. The van der Waals surface area contributed by atoms with Gasteiger partial charge in [-0.25, -0.2) is 9.37 Å². The van der Waals surface area contributed by atoms with Crippen LogP contribution in [0.2, 0.25) is 0 Å². The van der Waals surface area contributed by atoms with Crippen LogP contribution in [0.15, 0.2) is 12.1 Å². The molecule has 3 rings (SSSR count). The van der Waals surface area contributed by atoms with Gasteiger partial charge in [-0.3, -0.25) is 0 Å². The van der Waals surface area contributed by atoms with Crippen molar-refractivity contribution >= 4 is 45.2 Å². The highest BCUT2D eigenvalue weighted by Gasteiger charge is 2.32. The molecule has 2 aromatic rings. The van der Waals surface area contributed by atoms with E-state index in [1.54, 1.807) is 19.2 Å². The number of hydrogen-bond donors (Lipinski definition) is 0. The molecule has 1 aromatic heterocycles. The summed E-state index contributed by atoms with van der Waals surface area (Å²) in [6.07, 6.45) is 3.27. The van der Waals surface area contributed by atoms with Gasteiger partial charge in [0.15, 0.2) is 0 Å². The molecule has 0 saturated heterocycles. The van der Waals surface area contributed by atoms with E-state index in [0.717, 1.165) is 36.1 Å². The zero-order chi connectivity index (χ0) is 15.1. The summed E-state index contributed by atoms with van der Waals surface area (Å²) in [5.74, 6) is 0.576. The molecule has 1 aromatic carbocycles. The molecule has 1 fully saturated rings. The molecule has 0 spiro atoms. The van der Waals surface area contributed by atoms with E-state index in [1.807, 2.05) is 29.5 Å². The number of aromatic nitrogens is 2. The molecule has 1 saturated carbocycles. The number of methoxy groups -OCH3 is 1. The van der Waals surface area contributed by atoms with Gasteiger partial charge in [-0.1, -0.05) is 0 Å². The summed E-state index contributed by atoms with van der Waals surface area (Å²) in [5.41, 5.74) is 1.61. The lowest BCUT2D eigenvalue weighted by Gasteiger charge is -2.23. The topological polar surface area (TPSA) is 27.1 Å². The van der Waals surface area contributed by atoms with Gasteiger partial charge in [-0.15, -0.1) is 11.6 Å². The van der Waals surface area contributed by atoms with Crippen LogP contribution in [0.25, 0.3) is 11.0 Å². The predicted octanol–water partition coefficient (Wildman–Crippen LogP) is 4.82. The SMILES string of the molecule is COC1CCCC1n1c(C(C)Cl)nc2cc(I)c(F)cc21. The van der Waals surface area contributed by atoms with Crippen molar-refractivity contribution in [2.24, 2.45) is 0 Å². The Morgan fingerprint density at radius 1 is 1.48 bits per heavy atom. The van der Waals surface area contributed by atoms with Crippen LogP contribution < -0.4 is 0 Å². The number of hydrogen-bond acceptors (Lipinski definition) is 2. The van der Waals surface area contributed by atoms with Crippen molar-refractivity contribution in [1.82, 2.24) is 9.55 Å². The highest BCUT2D eigenvalue weighted by atomic mass is 127. The second-order valence-electron chi connectivity index (χ2n) is 5.48. The average Bonchev–Trinajstić information content (AvgIpc) is 3.02. The Bertz CT molecular complexity index is 673. The first-order chi connectivity index (χ1) is 10.0. The third-order valence-corrected chi connectivity index (χ3v) is 5.19. The van der Waals surface area contributed by atoms with Crippen molar-refractivity contribution in [2.75, 3.05) is 7.11 Å². The fourth-order valence-electron chi connectivity index (χ4n) is 3.21. The number of alkyl halides is 1. The molecule has 0 N–H and O–H groups in total. The van der Waals surface area contributed by atoms with Crippen molar-refractivity contribution in [3.63, 3.8) is 0 Å². The van der Waals surface area contributed by atoms with Gasteiger partial charge in [0.1, 0.15) is 11.6 Å². The van der Waals surface area contributed by atoms with Crippen molar-refractivity contribution in [3.05, 3.63) is 27.3 Å². The van der Waals surface area contributed by atoms with Gasteiger partial charge in [-0.05, 0) is 54.8 Å². The van der Waals surface area contributed by atoms with Crippen molar-refractivity contribution < 1.29 is 9.13 Å². The Kier molecular flexibility index (Phi) is 4.43. The maximum Gasteiger partial charge on any atom is 0.138 e. The minimum absolute atomic E-state index is 0.138. The molecular weight excluding hydrogens is 406 g/mol. The molecule has 3 nitrogen and oxygen atoms in total. The molecular formula is C15H17ClFIN2O. The van der Waals surface area contributed by atoms with E-state index < -0.39 is 0 Å². The van der Waals surface area contributed by atoms with E-state index >= 15 is 0 Å². The van der Waals surface area contributed by atoms with Crippen LogP contribution in [0.1, 0.15) is 43.4 Å². The average molecular weight is 423 g/mol. The number of rotatable bonds is 3. The third kappa shape index (κ3) is 2.68. The van der Waals surface area contributed by atoms with Gasteiger partial charge in [0, 0.05) is 13.2 Å². The van der Waals surface area contributed by atoms with Gasteiger partial charge in [-0.2, -0.15) is 0 Å². The van der Waals surface area contributed by atoms with Gasteiger partial charge >= 0.3 is 0 Å². The monoisotopic (exact) mass is 422 g/mol. The Hall–Kier alpha value is -0.400. The number of halogens is 3. The van der Waals surface area contributed by atoms with E-state index in [9.17, 15) is 4.39 Å². The quantitative estimate of drug-likeness (QED) is 0.524. The summed E-state index contributed by atoms with van der Waals surface area (Å²) >= 11 is 8.30. The molecule has 0 bridgehead atoms. The molecule has 3 unspecified atom stereocenters. The minimum Gasteiger partial charge on any atom is -0.379 e. The van der Waals surface area contributed by atoms with Crippen LogP contribution in [-0.2, 0) is 4.74 Å². The molecule has 1 aliphatic rings. The van der Waals surface area contributed by atoms with Crippen molar-refractivity contribution in [1.29, 1.82) is 0 Å². The lowest BCUT2D eigenvalue weighted by Crippen LogP contribution is -2.22. The lowest BCUT2D eigenvalue weighted by atomic mass is 10.2. The van der Waals surface area contributed by atoms with Crippen LogP contribution >= 0.6 is 34.2 Å². The fourth-order valence-corrected chi connectivity index (χ4v) is 3.82. The van der Waals surface area contributed by atoms with E-state index in [-0.39, 0.29) is 23.3 Å². The first-order valence-electron chi connectivity index (χ1n) is 7.06. The molecule has 0 radical (unpaired) electrons. The predicted molar refractivity (Wildman–Crippen MR) is 90.4 cm³/mol. The molecule has 0 amide bonds. The van der Waals surface area contributed by atoms with E-state index in [2.05, 4.69) is 9.55 Å². The molecule has 1 aliphatic carbocycles. The summed E-state index contributed by atoms with van der Waals surface area (Å²) < 4.78 is 22.3. The minimum atomic E-state index is -0.226. The largest absolute Gasteiger partial charge is 0.379 e. The molecule has 114 valence electrons. The fraction of sp³-hybridized carbons (Fsp3) is 0.533. The van der Waals surface area contributed by atoms with Crippen LogP contribution in [0.3, 0.4) is 0 Å². The number of fused-ring (bicyclic) bond motifs is 1. The Balaban J connectivity index is 2.23. The number of imidazole rings is 1. The maximum atomic E-state index is 14.0. The Morgan fingerprint density at radius 2 is 2.24 bits per heavy atom. The summed E-state index contributed by atoms with van der Waals surface area (Å²) in [6, 6.07) is 3.52. The summed E-state index contributed by atoms with van der Waals surface area (Å²) in [6.45, 7) is 1.90. The van der Waals surface area contributed by atoms with E-state index in [0.29, 0.717) is 3.57 Å². The molecule has 6 heteroatoms. The number of nitrogens with zero attached hydrogens (tertiary/aromatic N) is 2. The van der Waals surface area contributed by atoms with Gasteiger partial charge in [0.25, 0.3) is 0 Å². The molecule has 1 heterocycles. The van der Waals surface area contributed by atoms with E-state index in [1.165, 1.54) is 0 Å². The summed E-state index contributed by atoms with van der Waals surface area (Å²) in [4.78, 5) is 4.63.